The molecule has 2 aromatic rings. The molecule has 1 N–H and O–H groups in total. The number of benzene rings is 2. The molecule has 0 radical (unpaired) electrons. The van der Waals surface area contributed by atoms with E-state index < -0.39 is 19.8 Å². The summed E-state index contributed by atoms with van der Waals surface area (Å²) in [4.78, 5) is 16.7. The number of halogens is 1. The molecule has 7 nitrogen and oxygen atoms in total. The van der Waals surface area contributed by atoms with Crippen molar-refractivity contribution in [1.29, 1.82) is 0 Å². The standard InChI is InChI=1S/C18H19FNO6P/c1-23-26-27(22,25-18(21)16-6-4-12-20-16)24-17-7-3-2-5-15(17)13-8-10-14(19)11-9-13/h2-3,5,7-11,16,20H,4,6,12H2,1H3/t16-,27?/m0/s1. The van der Waals surface area contributed by atoms with Crippen molar-refractivity contribution >= 4 is 13.8 Å². The molecule has 1 unspecified atom stereocenters. The maximum atomic E-state index is 13.2. The van der Waals surface area contributed by atoms with E-state index in [4.69, 9.17) is 9.05 Å². The zero-order valence-corrected chi connectivity index (χ0v) is 15.5. The number of hydrogen-bond donors (Lipinski definition) is 1. The van der Waals surface area contributed by atoms with Gasteiger partial charge in [-0.2, -0.15) is 0 Å². The molecule has 1 aliphatic heterocycles. The van der Waals surface area contributed by atoms with Gasteiger partial charge in [0.1, 0.15) is 17.6 Å². The van der Waals surface area contributed by atoms with Crippen LogP contribution >= 0.6 is 7.82 Å². The highest BCUT2D eigenvalue weighted by Gasteiger charge is 2.38. The van der Waals surface area contributed by atoms with Gasteiger partial charge in [0.05, 0.1) is 7.11 Å². The number of carbonyl (C=O) groups is 1. The third-order valence-electron chi connectivity index (χ3n) is 3.96. The van der Waals surface area contributed by atoms with Crippen LogP contribution in [0.3, 0.4) is 0 Å². The van der Waals surface area contributed by atoms with E-state index in [9.17, 15) is 13.8 Å². The van der Waals surface area contributed by atoms with Crippen LogP contribution < -0.4 is 9.84 Å². The van der Waals surface area contributed by atoms with Crippen molar-refractivity contribution in [2.24, 2.45) is 0 Å². The molecule has 27 heavy (non-hydrogen) atoms. The number of para-hydroxylation sites is 1. The lowest BCUT2D eigenvalue weighted by molar-refractivity contribution is -0.198. The van der Waals surface area contributed by atoms with Crippen molar-refractivity contribution in [2.45, 2.75) is 18.9 Å². The summed E-state index contributed by atoms with van der Waals surface area (Å²) in [5.41, 5.74) is 1.15. The van der Waals surface area contributed by atoms with Crippen molar-refractivity contribution in [1.82, 2.24) is 5.32 Å². The first-order chi connectivity index (χ1) is 13.0. The van der Waals surface area contributed by atoms with Gasteiger partial charge in [-0.15, -0.1) is 4.67 Å². The number of rotatable bonds is 7. The van der Waals surface area contributed by atoms with Crippen molar-refractivity contribution in [2.75, 3.05) is 13.7 Å². The van der Waals surface area contributed by atoms with Gasteiger partial charge in [0.2, 0.25) is 0 Å². The van der Waals surface area contributed by atoms with E-state index in [0.29, 0.717) is 24.1 Å². The third-order valence-corrected chi connectivity index (χ3v) is 5.12. The third kappa shape index (κ3) is 4.93. The molecule has 1 aliphatic rings. The lowest BCUT2D eigenvalue weighted by Gasteiger charge is -2.19. The summed E-state index contributed by atoms with van der Waals surface area (Å²) in [6.07, 6.45) is 1.38. The molecule has 0 aliphatic carbocycles. The van der Waals surface area contributed by atoms with Gasteiger partial charge in [0, 0.05) is 5.56 Å². The molecule has 9 heteroatoms. The lowest BCUT2D eigenvalue weighted by atomic mass is 10.1. The second-order valence-corrected chi connectivity index (χ2v) is 7.25. The fraction of sp³-hybridized carbons (Fsp3) is 0.278. The van der Waals surface area contributed by atoms with Crippen LogP contribution in [-0.2, 0) is 23.4 Å². The number of hydrogen-bond acceptors (Lipinski definition) is 7. The molecule has 0 spiro atoms. The van der Waals surface area contributed by atoms with Crippen LogP contribution in [-0.4, -0.2) is 25.7 Å². The maximum Gasteiger partial charge on any atom is 0.618 e. The molecule has 0 amide bonds. The molecular weight excluding hydrogens is 376 g/mol. The van der Waals surface area contributed by atoms with Crippen LogP contribution in [0.4, 0.5) is 4.39 Å². The van der Waals surface area contributed by atoms with E-state index in [2.05, 4.69) is 14.9 Å². The molecule has 0 saturated carbocycles. The van der Waals surface area contributed by atoms with E-state index in [0.717, 1.165) is 13.5 Å². The number of phosphoric acid groups is 1. The Bertz CT molecular complexity index is 838. The summed E-state index contributed by atoms with van der Waals surface area (Å²) in [6.45, 7) is 0.670. The largest absolute Gasteiger partial charge is 0.618 e. The van der Waals surface area contributed by atoms with Crippen molar-refractivity contribution < 1.29 is 32.4 Å². The van der Waals surface area contributed by atoms with Crippen molar-refractivity contribution in [3.05, 3.63) is 54.3 Å². The number of carbonyl (C=O) groups excluding carboxylic acids is 1. The van der Waals surface area contributed by atoms with Gasteiger partial charge >= 0.3 is 13.8 Å². The van der Waals surface area contributed by atoms with Crippen LogP contribution in [0.2, 0.25) is 0 Å². The first-order valence-electron chi connectivity index (χ1n) is 8.34. The molecule has 1 heterocycles. The Morgan fingerprint density at radius 3 is 2.59 bits per heavy atom. The molecule has 144 valence electrons. The Morgan fingerprint density at radius 1 is 1.19 bits per heavy atom. The van der Waals surface area contributed by atoms with Gasteiger partial charge in [-0.05, 0) is 43.1 Å². The Morgan fingerprint density at radius 2 is 1.93 bits per heavy atom. The Hall–Kier alpha value is -2.25. The second kappa shape index (κ2) is 8.63. The summed E-state index contributed by atoms with van der Waals surface area (Å²) >= 11 is 0. The first-order valence-corrected chi connectivity index (χ1v) is 9.81. The minimum atomic E-state index is -4.39. The Labute approximate surface area is 155 Å². The smallest absolute Gasteiger partial charge is 0.393 e. The summed E-state index contributed by atoms with van der Waals surface area (Å²) in [5.74, 6) is -0.993. The second-order valence-electron chi connectivity index (χ2n) is 5.84. The zero-order chi connectivity index (χ0) is 19.3. The maximum absolute atomic E-state index is 13.2. The Balaban J connectivity index is 1.85. The predicted octanol–water partition coefficient (Wildman–Crippen LogP) is 3.85. The van der Waals surface area contributed by atoms with E-state index in [1.807, 2.05) is 0 Å². The summed E-state index contributed by atoms with van der Waals surface area (Å²) in [5, 5.41) is 2.94. The summed E-state index contributed by atoms with van der Waals surface area (Å²) in [6, 6.07) is 11.7. The van der Waals surface area contributed by atoms with Gasteiger partial charge in [-0.3, -0.25) is 0 Å². The van der Waals surface area contributed by atoms with E-state index in [1.165, 1.54) is 18.2 Å². The Kier molecular flexibility index (Phi) is 6.23. The number of phosphoric ester groups is 1. The van der Waals surface area contributed by atoms with Crippen molar-refractivity contribution in [3.63, 3.8) is 0 Å². The molecule has 2 aromatic carbocycles. The normalized spacial score (nSPS) is 18.7. The fourth-order valence-corrected chi connectivity index (χ4v) is 3.76. The molecule has 1 fully saturated rings. The van der Waals surface area contributed by atoms with Gasteiger partial charge in [0.15, 0.2) is 0 Å². The minimum absolute atomic E-state index is 0.136. The monoisotopic (exact) mass is 395 g/mol. The van der Waals surface area contributed by atoms with Gasteiger partial charge < -0.3 is 14.4 Å². The van der Waals surface area contributed by atoms with Crippen LogP contribution in [0.5, 0.6) is 5.75 Å². The zero-order valence-electron chi connectivity index (χ0n) is 14.6. The fourth-order valence-electron chi connectivity index (χ4n) is 2.73. The van der Waals surface area contributed by atoms with Gasteiger partial charge in [0.25, 0.3) is 0 Å². The predicted molar refractivity (Wildman–Crippen MR) is 95.3 cm³/mol. The van der Waals surface area contributed by atoms with Gasteiger partial charge in [-0.25, -0.2) is 18.6 Å². The molecule has 0 aromatic heterocycles. The van der Waals surface area contributed by atoms with E-state index in [1.54, 1.807) is 30.3 Å². The quantitative estimate of drug-likeness (QED) is 0.433. The van der Waals surface area contributed by atoms with Crippen LogP contribution in [0.15, 0.2) is 48.5 Å². The number of nitrogens with one attached hydrogen (secondary N) is 1. The summed E-state index contributed by atoms with van der Waals surface area (Å²) in [7, 11) is -3.26. The molecule has 1 saturated heterocycles. The summed E-state index contributed by atoms with van der Waals surface area (Å²) < 4.78 is 41.2. The molecule has 3 rings (SSSR count). The van der Waals surface area contributed by atoms with Crippen molar-refractivity contribution in [3.8, 4) is 16.9 Å². The van der Waals surface area contributed by atoms with E-state index >= 15 is 0 Å². The highest BCUT2D eigenvalue weighted by atomic mass is 31.2. The lowest BCUT2D eigenvalue weighted by Crippen LogP contribution is -2.32. The SMILES string of the molecule is COOP(=O)(OC(=O)[C@@H]1CCCN1)Oc1ccccc1-c1ccc(F)cc1. The van der Waals surface area contributed by atoms with Crippen LogP contribution in [0.25, 0.3) is 11.1 Å². The van der Waals surface area contributed by atoms with Gasteiger partial charge in [-0.1, -0.05) is 30.3 Å². The topological polar surface area (TPSA) is 83.1 Å². The highest BCUT2D eigenvalue weighted by molar-refractivity contribution is 7.49. The van der Waals surface area contributed by atoms with Crippen LogP contribution in [0, 0.1) is 5.82 Å². The molecular formula is C18H19FNO6P. The van der Waals surface area contributed by atoms with Crippen LogP contribution in [0.1, 0.15) is 12.8 Å². The average molecular weight is 395 g/mol. The molecule has 0 bridgehead atoms. The highest BCUT2D eigenvalue weighted by Crippen LogP contribution is 2.51. The average Bonchev–Trinajstić information content (AvgIpc) is 3.18. The molecule has 2 atom stereocenters. The van der Waals surface area contributed by atoms with E-state index in [-0.39, 0.29) is 11.6 Å². The first kappa shape index (κ1) is 19.5. The minimum Gasteiger partial charge on any atom is -0.393 e.